The molecule has 1 aromatic carbocycles. The Kier molecular flexibility index (Phi) is 8.19. The molecule has 1 aliphatic carbocycles. The van der Waals surface area contributed by atoms with E-state index in [1.54, 1.807) is 19.0 Å². The fourth-order valence-electron chi connectivity index (χ4n) is 3.00. The molecule has 0 saturated carbocycles. The van der Waals surface area contributed by atoms with Gasteiger partial charge in [-0.05, 0) is 56.2 Å². The van der Waals surface area contributed by atoms with Crippen LogP contribution in [0.1, 0.15) is 44.1 Å². The molecule has 5 nitrogen and oxygen atoms in total. The van der Waals surface area contributed by atoms with Gasteiger partial charge in [0.25, 0.3) is 0 Å². The van der Waals surface area contributed by atoms with Crippen molar-refractivity contribution in [2.75, 3.05) is 32.5 Å². The van der Waals surface area contributed by atoms with Crippen LogP contribution >= 0.6 is 0 Å². The standard InChI is InChI=1S/C21H31N3O2/c1-24(2)21(26)13-10-18-8-11-19(12-9-18)23-16-20(25)22-15-14-17-6-4-3-5-7-17/h6,8-9,11-12,23H,3-5,7,10,13-16H2,1-2H3,(H,22,25). The van der Waals surface area contributed by atoms with Gasteiger partial charge in [-0.2, -0.15) is 0 Å². The van der Waals surface area contributed by atoms with E-state index in [0.29, 0.717) is 13.0 Å². The minimum Gasteiger partial charge on any atom is -0.376 e. The van der Waals surface area contributed by atoms with E-state index in [1.807, 2.05) is 24.3 Å². The quantitative estimate of drug-likeness (QED) is 0.668. The molecule has 0 bridgehead atoms. The van der Waals surface area contributed by atoms with Gasteiger partial charge in [-0.25, -0.2) is 0 Å². The first kappa shape index (κ1) is 20.0. The van der Waals surface area contributed by atoms with Gasteiger partial charge >= 0.3 is 0 Å². The van der Waals surface area contributed by atoms with Crippen LogP contribution in [-0.2, 0) is 16.0 Å². The lowest BCUT2D eigenvalue weighted by molar-refractivity contribution is -0.128. The highest BCUT2D eigenvalue weighted by molar-refractivity contribution is 5.80. The molecule has 142 valence electrons. The summed E-state index contributed by atoms with van der Waals surface area (Å²) in [4.78, 5) is 25.2. The van der Waals surface area contributed by atoms with Crippen molar-refractivity contribution in [3.8, 4) is 0 Å². The van der Waals surface area contributed by atoms with Crippen molar-refractivity contribution in [3.05, 3.63) is 41.5 Å². The van der Waals surface area contributed by atoms with E-state index >= 15 is 0 Å². The summed E-state index contributed by atoms with van der Waals surface area (Å²) in [7, 11) is 3.54. The normalized spacial score (nSPS) is 13.7. The third kappa shape index (κ3) is 7.30. The molecule has 0 spiro atoms. The molecule has 0 atom stereocenters. The number of amides is 2. The van der Waals surface area contributed by atoms with Gasteiger partial charge in [0.1, 0.15) is 0 Å². The Bertz CT molecular complexity index is 621. The highest BCUT2D eigenvalue weighted by Crippen LogP contribution is 2.19. The second-order valence-electron chi connectivity index (χ2n) is 7.05. The predicted molar refractivity (Wildman–Crippen MR) is 106 cm³/mol. The van der Waals surface area contributed by atoms with Crippen molar-refractivity contribution < 1.29 is 9.59 Å². The van der Waals surface area contributed by atoms with Crippen molar-refractivity contribution >= 4 is 17.5 Å². The topological polar surface area (TPSA) is 61.4 Å². The van der Waals surface area contributed by atoms with Gasteiger partial charge in [0.15, 0.2) is 0 Å². The van der Waals surface area contributed by atoms with E-state index in [9.17, 15) is 9.59 Å². The van der Waals surface area contributed by atoms with Crippen LogP contribution in [0.25, 0.3) is 0 Å². The molecule has 1 aromatic rings. The summed E-state index contributed by atoms with van der Waals surface area (Å²) in [6.07, 6.45) is 9.47. The highest BCUT2D eigenvalue weighted by Gasteiger charge is 2.06. The molecule has 1 aliphatic rings. The molecular weight excluding hydrogens is 326 g/mol. The number of allylic oxidation sites excluding steroid dienone is 1. The minimum atomic E-state index is 0.0158. The third-order valence-corrected chi connectivity index (χ3v) is 4.69. The van der Waals surface area contributed by atoms with E-state index < -0.39 is 0 Å². The van der Waals surface area contributed by atoms with Crippen molar-refractivity contribution in [1.29, 1.82) is 0 Å². The van der Waals surface area contributed by atoms with E-state index in [1.165, 1.54) is 31.3 Å². The molecule has 2 N–H and O–H groups in total. The third-order valence-electron chi connectivity index (χ3n) is 4.69. The van der Waals surface area contributed by atoms with Gasteiger partial charge in [-0.15, -0.1) is 0 Å². The fourth-order valence-corrected chi connectivity index (χ4v) is 3.00. The van der Waals surface area contributed by atoms with Gasteiger partial charge in [0.05, 0.1) is 6.54 Å². The molecule has 0 radical (unpaired) electrons. The maximum atomic E-state index is 11.9. The monoisotopic (exact) mass is 357 g/mol. The molecule has 0 fully saturated rings. The number of nitrogens with one attached hydrogen (secondary N) is 2. The largest absolute Gasteiger partial charge is 0.376 e. The summed E-state index contributed by atoms with van der Waals surface area (Å²) in [5, 5.41) is 6.11. The van der Waals surface area contributed by atoms with Crippen LogP contribution < -0.4 is 10.6 Å². The van der Waals surface area contributed by atoms with Crippen LogP contribution in [0.5, 0.6) is 0 Å². The number of hydrogen-bond acceptors (Lipinski definition) is 3. The second kappa shape index (κ2) is 10.6. The average molecular weight is 357 g/mol. The zero-order chi connectivity index (χ0) is 18.8. The first-order valence-electron chi connectivity index (χ1n) is 9.52. The number of benzene rings is 1. The molecular formula is C21H31N3O2. The van der Waals surface area contributed by atoms with Crippen molar-refractivity contribution in [1.82, 2.24) is 10.2 Å². The molecule has 2 rings (SSSR count). The van der Waals surface area contributed by atoms with Gasteiger partial charge in [-0.1, -0.05) is 23.8 Å². The zero-order valence-electron chi connectivity index (χ0n) is 16.0. The number of carbonyl (C=O) groups is 2. The Morgan fingerprint density at radius 1 is 1.08 bits per heavy atom. The summed E-state index contributed by atoms with van der Waals surface area (Å²) >= 11 is 0. The van der Waals surface area contributed by atoms with E-state index in [4.69, 9.17) is 0 Å². The number of aryl methyl sites for hydroxylation is 1. The van der Waals surface area contributed by atoms with E-state index in [-0.39, 0.29) is 18.4 Å². The number of rotatable bonds is 9. The van der Waals surface area contributed by atoms with Gasteiger partial charge in [0.2, 0.25) is 11.8 Å². The van der Waals surface area contributed by atoms with Crippen LogP contribution in [0.4, 0.5) is 5.69 Å². The summed E-state index contributed by atoms with van der Waals surface area (Å²) in [6, 6.07) is 7.91. The van der Waals surface area contributed by atoms with Crippen molar-refractivity contribution in [2.24, 2.45) is 0 Å². The fraction of sp³-hybridized carbons (Fsp3) is 0.524. The van der Waals surface area contributed by atoms with Crippen molar-refractivity contribution in [2.45, 2.75) is 44.9 Å². The molecule has 0 heterocycles. The van der Waals surface area contributed by atoms with Gasteiger partial charge < -0.3 is 15.5 Å². The number of anilines is 1. The Morgan fingerprint density at radius 2 is 1.85 bits per heavy atom. The number of nitrogens with zero attached hydrogens (tertiary/aromatic N) is 1. The Hall–Kier alpha value is -2.30. The minimum absolute atomic E-state index is 0.0158. The van der Waals surface area contributed by atoms with Crippen LogP contribution in [0.3, 0.4) is 0 Å². The van der Waals surface area contributed by atoms with Crippen molar-refractivity contribution in [3.63, 3.8) is 0 Å². The lowest BCUT2D eigenvalue weighted by Gasteiger charge is -2.13. The summed E-state index contributed by atoms with van der Waals surface area (Å²) in [5.41, 5.74) is 3.52. The molecule has 0 aromatic heterocycles. The Balaban J connectivity index is 1.64. The maximum absolute atomic E-state index is 11.9. The number of carbonyl (C=O) groups excluding carboxylic acids is 2. The summed E-state index contributed by atoms with van der Waals surface area (Å²) in [5.74, 6) is 0.148. The molecule has 0 unspecified atom stereocenters. The van der Waals surface area contributed by atoms with Crippen LogP contribution in [0.15, 0.2) is 35.9 Å². The summed E-state index contributed by atoms with van der Waals surface area (Å²) in [6.45, 7) is 0.989. The molecule has 0 aliphatic heterocycles. The van der Waals surface area contributed by atoms with E-state index in [2.05, 4.69) is 16.7 Å². The molecule has 26 heavy (non-hydrogen) atoms. The van der Waals surface area contributed by atoms with Gasteiger partial charge in [0, 0.05) is 32.7 Å². The first-order valence-corrected chi connectivity index (χ1v) is 9.52. The van der Waals surface area contributed by atoms with Crippen LogP contribution in [0.2, 0.25) is 0 Å². The average Bonchev–Trinajstić information content (AvgIpc) is 2.66. The SMILES string of the molecule is CN(C)C(=O)CCc1ccc(NCC(=O)NCCC2=CCCCC2)cc1. The van der Waals surface area contributed by atoms with Crippen LogP contribution in [0, 0.1) is 0 Å². The molecule has 2 amide bonds. The maximum Gasteiger partial charge on any atom is 0.239 e. The second-order valence-corrected chi connectivity index (χ2v) is 7.05. The highest BCUT2D eigenvalue weighted by atomic mass is 16.2. The van der Waals surface area contributed by atoms with Crippen LogP contribution in [-0.4, -0.2) is 43.9 Å². The lowest BCUT2D eigenvalue weighted by atomic mass is 9.97. The smallest absolute Gasteiger partial charge is 0.239 e. The molecule has 0 saturated heterocycles. The lowest BCUT2D eigenvalue weighted by Crippen LogP contribution is -2.30. The predicted octanol–water partition coefficient (Wildman–Crippen LogP) is 3.13. The Morgan fingerprint density at radius 3 is 2.50 bits per heavy atom. The molecule has 5 heteroatoms. The Labute approximate surface area is 156 Å². The first-order chi connectivity index (χ1) is 12.5. The van der Waals surface area contributed by atoms with Gasteiger partial charge in [-0.3, -0.25) is 9.59 Å². The summed E-state index contributed by atoms with van der Waals surface area (Å²) < 4.78 is 0. The van der Waals surface area contributed by atoms with E-state index in [0.717, 1.165) is 24.1 Å². The zero-order valence-corrected chi connectivity index (χ0v) is 16.0. The number of hydrogen-bond donors (Lipinski definition) is 2.